The van der Waals surface area contributed by atoms with Gasteiger partial charge >= 0.3 is 0 Å². The number of rotatable bonds is 0. The molecular weight excluding hydrogens is 182 g/mol. The predicted octanol–water partition coefficient (Wildman–Crippen LogP) is 0.654. The first-order chi connectivity index (χ1) is 4.20. The number of halogens is 1. The maximum Gasteiger partial charge on any atom is 0.149 e. The Bertz CT molecular complexity index is 126. The van der Waals surface area contributed by atoms with Crippen molar-refractivity contribution in [1.82, 2.24) is 4.90 Å². The van der Waals surface area contributed by atoms with Gasteiger partial charge in [0.25, 0.3) is 0 Å². The highest BCUT2D eigenvalue weighted by Gasteiger charge is 2.21. The molecule has 1 atom stereocenters. The summed E-state index contributed by atoms with van der Waals surface area (Å²) in [7, 11) is 2.03. The molecule has 52 valence electrons. The van der Waals surface area contributed by atoms with Crippen LogP contribution in [0.2, 0.25) is 0 Å². The summed E-state index contributed by atoms with van der Waals surface area (Å²) in [5.74, 6) is 0.341. The van der Waals surface area contributed by atoms with Crippen LogP contribution in [0, 0.1) is 0 Å². The number of nitrogens with zero attached hydrogens (tertiary/aromatic N) is 1. The maximum absolute atomic E-state index is 10.9. The smallest absolute Gasteiger partial charge is 0.149 e. The molecule has 1 aliphatic rings. The second-order valence-corrected chi connectivity index (χ2v) is 3.55. The molecule has 1 aliphatic heterocycles. The fraction of sp³-hybridized carbons (Fsp3) is 0.833. The van der Waals surface area contributed by atoms with E-state index in [9.17, 15) is 4.79 Å². The molecule has 0 amide bonds. The monoisotopic (exact) mass is 191 g/mol. The SMILES string of the molecule is CN1CCC(=O)C(Br)C1. The molecule has 1 saturated heterocycles. The lowest BCUT2D eigenvalue weighted by atomic mass is 10.1. The Morgan fingerprint density at radius 1 is 1.78 bits per heavy atom. The molecule has 1 heterocycles. The second kappa shape index (κ2) is 2.80. The number of likely N-dealkylation sites (tertiary alicyclic amines) is 1. The molecule has 0 aromatic carbocycles. The average Bonchev–Trinajstić information content (AvgIpc) is 1.80. The molecule has 3 heteroatoms. The first-order valence-electron chi connectivity index (χ1n) is 3.05. The van der Waals surface area contributed by atoms with Crippen LogP contribution in [0.25, 0.3) is 0 Å². The van der Waals surface area contributed by atoms with Crippen LogP contribution in [0.1, 0.15) is 6.42 Å². The number of piperidine rings is 1. The van der Waals surface area contributed by atoms with Gasteiger partial charge < -0.3 is 4.90 Å². The van der Waals surface area contributed by atoms with Gasteiger partial charge in [0.05, 0.1) is 4.83 Å². The predicted molar refractivity (Wildman–Crippen MR) is 39.8 cm³/mol. The molecule has 0 spiro atoms. The Hall–Kier alpha value is 0.110. The molecule has 0 aliphatic carbocycles. The number of hydrogen-bond donors (Lipinski definition) is 0. The number of alkyl halides is 1. The van der Waals surface area contributed by atoms with E-state index in [4.69, 9.17) is 0 Å². The van der Waals surface area contributed by atoms with Crippen LogP contribution in [0.5, 0.6) is 0 Å². The van der Waals surface area contributed by atoms with Crippen molar-refractivity contribution in [3.05, 3.63) is 0 Å². The summed E-state index contributed by atoms with van der Waals surface area (Å²) in [6.45, 7) is 1.78. The first-order valence-corrected chi connectivity index (χ1v) is 3.97. The molecule has 1 rings (SSSR count). The molecule has 0 radical (unpaired) electrons. The summed E-state index contributed by atoms with van der Waals surface area (Å²) >= 11 is 3.30. The minimum Gasteiger partial charge on any atom is -0.304 e. The van der Waals surface area contributed by atoms with Crippen LogP contribution >= 0.6 is 15.9 Å². The van der Waals surface area contributed by atoms with E-state index < -0.39 is 0 Å². The normalized spacial score (nSPS) is 30.9. The Morgan fingerprint density at radius 3 is 2.89 bits per heavy atom. The van der Waals surface area contributed by atoms with Crippen LogP contribution in [-0.2, 0) is 4.79 Å². The van der Waals surface area contributed by atoms with Crippen molar-refractivity contribution < 1.29 is 4.79 Å². The topological polar surface area (TPSA) is 20.3 Å². The molecule has 0 aromatic heterocycles. The van der Waals surface area contributed by atoms with Crippen LogP contribution in [0.15, 0.2) is 0 Å². The third-order valence-corrected chi connectivity index (χ3v) is 2.36. The summed E-state index contributed by atoms with van der Waals surface area (Å²) in [6.07, 6.45) is 0.701. The van der Waals surface area contributed by atoms with Crippen molar-refractivity contribution >= 4 is 21.7 Å². The zero-order valence-corrected chi connectivity index (χ0v) is 7.02. The maximum atomic E-state index is 10.9. The molecule has 0 saturated carbocycles. The van der Waals surface area contributed by atoms with Gasteiger partial charge in [0, 0.05) is 19.5 Å². The summed E-state index contributed by atoms with van der Waals surface area (Å²) in [4.78, 5) is 13.1. The molecule has 2 nitrogen and oxygen atoms in total. The van der Waals surface area contributed by atoms with Gasteiger partial charge in [0.15, 0.2) is 0 Å². The largest absolute Gasteiger partial charge is 0.304 e. The standard InChI is InChI=1S/C6H10BrNO/c1-8-3-2-6(9)5(7)4-8/h5H,2-4H2,1H3. The van der Waals surface area contributed by atoms with Gasteiger partial charge in [-0.1, -0.05) is 15.9 Å². The first kappa shape index (κ1) is 7.22. The molecule has 0 bridgehead atoms. The zero-order chi connectivity index (χ0) is 6.85. The highest BCUT2D eigenvalue weighted by molar-refractivity contribution is 9.10. The van der Waals surface area contributed by atoms with E-state index in [0.717, 1.165) is 13.1 Å². The molecule has 0 aromatic rings. The van der Waals surface area contributed by atoms with E-state index in [0.29, 0.717) is 12.2 Å². The van der Waals surface area contributed by atoms with E-state index in [-0.39, 0.29) is 4.83 Å². The van der Waals surface area contributed by atoms with Gasteiger partial charge in [-0.15, -0.1) is 0 Å². The van der Waals surface area contributed by atoms with Crippen molar-refractivity contribution in [1.29, 1.82) is 0 Å². The lowest BCUT2D eigenvalue weighted by Gasteiger charge is -2.24. The summed E-state index contributed by atoms with van der Waals surface area (Å²) < 4.78 is 0. The van der Waals surface area contributed by atoms with Gasteiger partial charge in [-0.25, -0.2) is 0 Å². The number of Topliss-reactive ketones (excluding diaryl/α,β-unsaturated/α-hetero) is 1. The molecular formula is C6H10BrNO. The van der Waals surface area contributed by atoms with Crippen LogP contribution in [0.4, 0.5) is 0 Å². The van der Waals surface area contributed by atoms with E-state index in [1.807, 2.05) is 7.05 Å². The minimum absolute atomic E-state index is 0.0799. The van der Waals surface area contributed by atoms with E-state index in [1.54, 1.807) is 0 Å². The highest BCUT2D eigenvalue weighted by Crippen LogP contribution is 2.11. The number of ketones is 1. The van der Waals surface area contributed by atoms with Crippen molar-refractivity contribution in [2.45, 2.75) is 11.2 Å². The Labute approximate surface area is 63.3 Å². The van der Waals surface area contributed by atoms with E-state index in [2.05, 4.69) is 20.8 Å². The van der Waals surface area contributed by atoms with Gasteiger partial charge in [0.1, 0.15) is 5.78 Å². The number of hydrogen-bond acceptors (Lipinski definition) is 2. The van der Waals surface area contributed by atoms with Crippen molar-refractivity contribution in [3.8, 4) is 0 Å². The Kier molecular flexibility index (Phi) is 2.24. The Morgan fingerprint density at radius 2 is 2.44 bits per heavy atom. The van der Waals surface area contributed by atoms with E-state index in [1.165, 1.54) is 0 Å². The second-order valence-electron chi connectivity index (χ2n) is 2.45. The third-order valence-electron chi connectivity index (χ3n) is 1.56. The number of carbonyl (C=O) groups excluding carboxylic acids is 1. The van der Waals surface area contributed by atoms with Crippen LogP contribution in [-0.4, -0.2) is 35.6 Å². The van der Waals surface area contributed by atoms with Crippen molar-refractivity contribution in [3.63, 3.8) is 0 Å². The van der Waals surface area contributed by atoms with Gasteiger partial charge in [-0.3, -0.25) is 4.79 Å². The van der Waals surface area contributed by atoms with Crippen LogP contribution < -0.4 is 0 Å². The third kappa shape index (κ3) is 1.76. The number of carbonyl (C=O) groups is 1. The average molecular weight is 192 g/mol. The highest BCUT2D eigenvalue weighted by atomic mass is 79.9. The quantitative estimate of drug-likeness (QED) is 0.525. The lowest BCUT2D eigenvalue weighted by Crippen LogP contribution is -2.38. The fourth-order valence-corrected chi connectivity index (χ4v) is 1.65. The van der Waals surface area contributed by atoms with Gasteiger partial charge in [-0.05, 0) is 7.05 Å². The van der Waals surface area contributed by atoms with Crippen molar-refractivity contribution in [2.24, 2.45) is 0 Å². The van der Waals surface area contributed by atoms with Crippen molar-refractivity contribution in [2.75, 3.05) is 20.1 Å². The Balaban J connectivity index is 2.44. The molecule has 9 heavy (non-hydrogen) atoms. The van der Waals surface area contributed by atoms with Gasteiger partial charge in [-0.2, -0.15) is 0 Å². The molecule has 1 unspecified atom stereocenters. The van der Waals surface area contributed by atoms with E-state index >= 15 is 0 Å². The lowest BCUT2D eigenvalue weighted by molar-refractivity contribution is -0.120. The molecule has 1 fully saturated rings. The summed E-state index contributed by atoms with van der Waals surface area (Å²) in [5.41, 5.74) is 0. The fourth-order valence-electron chi connectivity index (χ4n) is 0.924. The van der Waals surface area contributed by atoms with Gasteiger partial charge in [0.2, 0.25) is 0 Å². The summed E-state index contributed by atoms with van der Waals surface area (Å²) in [5, 5.41) is 0. The molecule has 0 N–H and O–H groups in total. The minimum atomic E-state index is 0.0799. The van der Waals surface area contributed by atoms with Crippen LogP contribution in [0.3, 0.4) is 0 Å². The zero-order valence-electron chi connectivity index (χ0n) is 5.43. The summed E-state index contributed by atoms with van der Waals surface area (Å²) in [6, 6.07) is 0.